The van der Waals surface area contributed by atoms with Crippen LogP contribution in [0.2, 0.25) is 0 Å². The molecule has 0 amide bonds. The van der Waals surface area contributed by atoms with Crippen LogP contribution in [-0.4, -0.2) is 13.6 Å². The standard InChI is InChI=1S/C13H14F5N/c1-6(2)7(5-19-3)4-8-9(14)11(16)13(18)12(17)10(8)15/h4,6,19H,5H2,1-3H3. The van der Waals surface area contributed by atoms with Crippen LogP contribution in [0.1, 0.15) is 19.4 Å². The highest BCUT2D eigenvalue weighted by Crippen LogP contribution is 2.26. The van der Waals surface area contributed by atoms with Gasteiger partial charge < -0.3 is 5.32 Å². The first-order chi connectivity index (χ1) is 8.81. The van der Waals surface area contributed by atoms with Crippen LogP contribution in [0.4, 0.5) is 22.0 Å². The summed E-state index contributed by atoms with van der Waals surface area (Å²) in [7, 11) is 1.62. The van der Waals surface area contributed by atoms with E-state index in [0.717, 1.165) is 6.08 Å². The van der Waals surface area contributed by atoms with Crippen LogP contribution >= 0.6 is 0 Å². The zero-order chi connectivity index (χ0) is 14.7. The van der Waals surface area contributed by atoms with Crippen molar-refractivity contribution in [3.05, 3.63) is 40.2 Å². The Hall–Kier alpha value is -1.43. The third-order valence-electron chi connectivity index (χ3n) is 2.70. The van der Waals surface area contributed by atoms with Crippen molar-refractivity contribution in [2.75, 3.05) is 13.6 Å². The van der Waals surface area contributed by atoms with Crippen molar-refractivity contribution in [1.29, 1.82) is 0 Å². The zero-order valence-electron chi connectivity index (χ0n) is 10.8. The van der Waals surface area contributed by atoms with Gasteiger partial charge in [-0.25, -0.2) is 22.0 Å². The zero-order valence-corrected chi connectivity index (χ0v) is 10.8. The van der Waals surface area contributed by atoms with E-state index in [-0.39, 0.29) is 12.5 Å². The van der Waals surface area contributed by atoms with Gasteiger partial charge in [0.15, 0.2) is 23.3 Å². The molecule has 0 aliphatic rings. The van der Waals surface area contributed by atoms with E-state index in [0.29, 0.717) is 5.57 Å². The van der Waals surface area contributed by atoms with Crippen LogP contribution in [0.15, 0.2) is 5.57 Å². The Morgan fingerprint density at radius 3 is 1.74 bits per heavy atom. The molecule has 19 heavy (non-hydrogen) atoms. The largest absolute Gasteiger partial charge is 0.316 e. The summed E-state index contributed by atoms with van der Waals surface area (Å²) in [6, 6.07) is 0. The van der Waals surface area contributed by atoms with Crippen molar-refractivity contribution >= 4 is 6.08 Å². The fourth-order valence-electron chi connectivity index (χ4n) is 1.56. The molecule has 0 spiro atoms. The van der Waals surface area contributed by atoms with Gasteiger partial charge in [-0.3, -0.25) is 0 Å². The molecule has 0 aromatic heterocycles. The SMILES string of the molecule is CNCC(=Cc1c(F)c(F)c(F)c(F)c1F)C(C)C. The molecule has 0 aliphatic carbocycles. The van der Waals surface area contributed by atoms with Gasteiger partial charge in [-0.2, -0.15) is 0 Å². The number of likely N-dealkylation sites (N-methyl/N-ethyl adjacent to an activating group) is 1. The first-order valence-corrected chi connectivity index (χ1v) is 5.67. The van der Waals surface area contributed by atoms with E-state index >= 15 is 0 Å². The van der Waals surface area contributed by atoms with Gasteiger partial charge >= 0.3 is 0 Å². The van der Waals surface area contributed by atoms with E-state index in [1.165, 1.54) is 0 Å². The van der Waals surface area contributed by atoms with Crippen molar-refractivity contribution in [3.63, 3.8) is 0 Å². The minimum atomic E-state index is -2.15. The maximum Gasteiger partial charge on any atom is 0.200 e. The molecular weight excluding hydrogens is 265 g/mol. The molecule has 1 nitrogen and oxygen atoms in total. The first-order valence-electron chi connectivity index (χ1n) is 5.67. The Morgan fingerprint density at radius 1 is 0.947 bits per heavy atom. The molecule has 0 unspecified atom stereocenters. The average Bonchev–Trinajstić information content (AvgIpc) is 2.37. The third-order valence-corrected chi connectivity index (χ3v) is 2.70. The van der Waals surface area contributed by atoms with Crippen molar-refractivity contribution in [1.82, 2.24) is 5.32 Å². The highest BCUT2D eigenvalue weighted by Gasteiger charge is 2.24. The lowest BCUT2D eigenvalue weighted by Gasteiger charge is -2.12. The predicted molar refractivity (Wildman–Crippen MR) is 63.0 cm³/mol. The lowest BCUT2D eigenvalue weighted by atomic mass is 9.99. The van der Waals surface area contributed by atoms with Crippen LogP contribution in [0.5, 0.6) is 0 Å². The van der Waals surface area contributed by atoms with Gasteiger partial charge in [0.05, 0.1) is 5.56 Å². The number of halogens is 5. The lowest BCUT2D eigenvalue weighted by molar-refractivity contribution is 0.376. The molecule has 0 saturated carbocycles. The van der Waals surface area contributed by atoms with Gasteiger partial charge in [0, 0.05) is 6.54 Å². The van der Waals surface area contributed by atoms with Crippen molar-refractivity contribution in [2.24, 2.45) is 5.92 Å². The highest BCUT2D eigenvalue weighted by molar-refractivity contribution is 5.55. The maximum absolute atomic E-state index is 13.5. The second-order valence-electron chi connectivity index (χ2n) is 4.39. The molecule has 1 rings (SSSR count). The Bertz CT molecular complexity index is 479. The molecule has 106 valence electrons. The lowest BCUT2D eigenvalue weighted by Crippen LogP contribution is -2.14. The van der Waals surface area contributed by atoms with Crippen LogP contribution in [0.25, 0.3) is 6.08 Å². The van der Waals surface area contributed by atoms with Crippen LogP contribution in [-0.2, 0) is 0 Å². The van der Waals surface area contributed by atoms with Gasteiger partial charge in [0.1, 0.15) is 0 Å². The molecule has 0 radical (unpaired) electrons. The Balaban J connectivity index is 3.46. The summed E-state index contributed by atoms with van der Waals surface area (Å²) in [5.74, 6) is -9.74. The monoisotopic (exact) mass is 279 g/mol. The number of benzene rings is 1. The summed E-state index contributed by atoms with van der Waals surface area (Å²) in [5.41, 5.74) is -0.374. The Morgan fingerprint density at radius 2 is 1.37 bits per heavy atom. The smallest absolute Gasteiger partial charge is 0.200 e. The van der Waals surface area contributed by atoms with Gasteiger partial charge in [0.2, 0.25) is 5.82 Å². The van der Waals surface area contributed by atoms with Crippen LogP contribution in [0, 0.1) is 35.0 Å². The molecule has 0 bridgehead atoms. The number of rotatable bonds is 4. The normalized spacial score (nSPS) is 12.4. The van der Waals surface area contributed by atoms with E-state index in [9.17, 15) is 22.0 Å². The summed E-state index contributed by atoms with van der Waals surface area (Å²) >= 11 is 0. The molecular formula is C13H14F5N. The van der Waals surface area contributed by atoms with Crippen molar-refractivity contribution in [2.45, 2.75) is 13.8 Å². The van der Waals surface area contributed by atoms with E-state index in [1.807, 2.05) is 0 Å². The van der Waals surface area contributed by atoms with Crippen LogP contribution in [0.3, 0.4) is 0 Å². The summed E-state index contributed by atoms with van der Waals surface area (Å²) in [6.45, 7) is 3.81. The van der Waals surface area contributed by atoms with Crippen molar-refractivity contribution in [3.8, 4) is 0 Å². The second-order valence-corrected chi connectivity index (χ2v) is 4.39. The summed E-state index contributed by atoms with van der Waals surface area (Å²) in [4.78, 5) is 0. The Kier molecular flexibility index (Phi) is 5.05. The maximum atomic E-state index is 13.5. The average molecular weight is 279 g/mol. The van der Waals surface area contributed by atoms with Crippen LogP contribution < -0.4 is 5.32 Å². The minimum absolute atomic E-state index is 0.0950. The van der Waals surface area contributed by atoms with E-state index in [2.05, 4.69) is 5.32 Å². The van der Waals surface area contributed by atoms with Gasteiger partial charge in [-0.1, -0.05) is 19.4 Å². The fourth-order valence-corrected chi connectivity index (χ4v) is 1.56. The summed E-state index contributed by atoms with van der Waals surface area (Å²) in [6.07, 6.45) is 0.997. The molecule has 1 aromatic rings. The predicted octanol–water partition coefficient (Wildman–Crippen LogP) is 3.64. The summed E-state index contributed by atoms with van der Waals surface area (Å²) < 4.78 is 65.9. The quantitative estimate of drug-likeness (QED) is 0.504. The molecule has 0 atom stereocenters. The minimum Gasteiger partial charge on any atom is -0.316 e. The third kappa shape index (κ3) is 3.12. The van der Waals surface area contributed by atoms with E-state index in [1.54, 1.807) is 20.9 Å². The van der Waals surface area contributed by atoms with Gasteiger partial charge in [-0.15, -0.1) is 0 Å². The fraction of sp³-hybridized carbons (Fsp3) is 0.385. The molecule has 0 heterocycles. The van der Waals surface area contributed by atoms with Gasteiger partial charge in [0.25, 0.3) is 0 Å². The number of hydrogen-bond donors (Lipinski definition) is 1. The van der Waals surface area contributed by atoms with Crippen molar-refractivity contribution < 1.29 is 22.0 Å². The van der Waals surface area contributed by atoms with E-state index < -0.39 is 34.6 Å². The molecule has 0 saturated heterocycles. The molecule has 1 aromatic carbocycles. The summed E-state index contributed by atoms with van der Waals surface area (Å²) in [5, 5.41) is 2.77. The first kappa shape index (κ1) is 15.6. The molecule has 0 aliphatic heterocycles. The Labute approximate surface area is 108 Å². The highest BCUT2D eigenvalue weighted by atomic mass is 19.2. The molecule has 1 N–H and O–H groups in total. The molecule has 6 heteroatoms. The topological polar surface area (TPSA) is 12.0 Å². The molecule has 0 fully saturated rings. The number of hydrogen-bond acceptors (Lipinski definition) is 1. The number of nitrogens with one attached hydrogen (secondary N) is 1. The second kappa shape index (κ2) is 6.14. The van der Waals surface area contributed by atoms with Gasteiger partial charge in [-0.05, 0) is 19.0 Å². The van der Waals surface area contributed by atoms with E-state index in [4.69, 9.17) is 0 Å².